The van der Waals surface area contributed by atoms with E-state index in [9.17, 15) is 8.42 Å². The molecule has 0 aromatic rings. The standard InChI is InChI=1S/C10H23NO4S/c1-9(2)10(8-16(11,12)13)7-15-6-4-5-14-3/h9-10H,4-8H2,1-3H3,(H2,11,12,13). The summed E-state index contributed by atoms with van der Waals surface area (Å²) in [5.74, 6) is 0.174. The summed E-state index contributed by atoms with van der Waals surface area (Å²) in [4.78, 5) is 0. The van der Waals surface area contributed by atoms with E-state index in [2.05, 4.69) is 0 Å². The third-order valence-electron chi connectivity index (χ3n) is 2.36. The van der Waals surface area contributed by atoms with Gasteiger partial charge in [0.25, 0.3) is 0 Å². The molecule has 1 unspecified atom stereocenters. The molecule has 0 rings (SSSR count). The van der Waals surface area contributed by atoms with Gasteiger partial charge >= 0.3 is 0 Å². The van der Waals surface area contributed by atoms with Gasteiger partial charge in [0.05, 0.1) is 12.4 Å². The third-order valence-corrected chi connectivity index (χ3v) is 3.25. The highest BCUT2D eigenvalue weighted by molar-refractivity contribution is 7.89. The number of nitrogens with two attached hydrogens (primary N) is 1. The first kappa shape index (κ1) is 15.8. The number of methoxy groups -OCH3 is 1. The van der Waals surface area contributed by atoms with Gasteiger partial charge in [-0.25, -0.2) is 13.6 Å². The Morgan fingerprint density at radius 2 is 1.88 bits per heavy atom. The summed E-state index contributed by atoms with van der Waals surface area (Å²) in [7, 11) is -1.78. The van der Waals surface area contributed by atoms with E-state index in [1.165, 1.54) is 0 Å². The molecule has 0 fully saturated rings. The summed E-state index contributed by atoms with van der Waals surface area (Å²) in [6.07, 6.45) is 0.816. The molecule has 0 heterocycles. The number of primary sulfonamides is 1. The predicted molar refractivity (Wildman–Crippen MR) is 63.6 cm³/mol. The Balaban J connectivity index is 3.87. The van der Waals surface area contributed by atoms with Crippen molar-refractivity contribution in [2.75, 3.05) is 32.7 Å². The lowest BCUT2D eigenvalue weighted by atomic mass is 9.99. The van der Waals surface area contributed by atoms with Gasteiger partial charge in [0.15, 0.2) is 0 Å². The molecule has 0 amide bonds. The fourth-order valence-corrected chi connectivity index (χ4v) is 2.35. The van der Waals surface area contributed by atoms with Gasteiger partial charge in [0.1, 0.15) is 0 Å². The van der Waals surface area contributed by atoms with E-state index in [-0.39, 0.29) is 17.6 Å². The molecule has 98 valence electrons. The molecule has 0 aliphatic carbocycles. The van der Waals surface area contributed by atoms with Gasteiger partial charge in [0.2, 0.25) is 10.0 Å². The van der Waals surface area contributed by atoms with Crippen LogP contribution in [0.15, 0.2) is 0 Å². The summed E-state index contributed by atoms with van der Waals surface area (Å²) in [6.45, 7) is 5.60. The number of ether oxygens (including phenoxy) is 2. The number of rotatable bonds is 9. The third kappa shape index (κ3) is 9.08. The minimum atomic E-state index is -3.42. The SMILES string of the molecule is COCCCOCC(CS(N)(=O)=O)C(C)C. The highest BCUT2D eigenvalue weighted by Gasteiger charge is 2.19. The molecule has 0 radical (unpaired) electrons. The van der Waals surface area contributed by atoms with Crippen LogP contribution in [0.2, 0.25) is 0 Å². The zero-order chi connectivity index (χ0) is 12.6. The molecular formula is C10H23NO4S. The normalized spacial score (nSPS) is 14.3. The fourth-order valence-electron chi connectivity index (χ4n) is 1.27. The zero-order valence-electron chi connectivity index (χ0n) is 10.3. The molecule has 1 atom stereocenters. The molecule has 0 bridgehead atoms. The number of hydrogen-bond donors (Lipinski definition) is 1. The molecule has 16 heavy (non-hydrogen) atoms. The lowest BCUT2D eigenvalue weighted by Gasteiger charge is -2.19. The molecule has 2 N–H and O–H groups in total. The van der Waals surface area contributed by atoms with Gasteiger partial charge in [0, 0.05) is 20.3 Å². The molecule has 6 heteroatoms. The smallest absolute Gasteiger partial charge is 0.209 e. The van der Waals surface area contributed by atoms with E-state index in [4.69, 9.17) is 14.6 Å². The molecule has 0 aliphatic rings. The van der Waals surface area contributed by atoms with E-state index in [0.29, 0.717) is 19.8 Å². The molecule has 0 saturated carbocycles. The van der Waals surface area contributed by atoms with E-state index in [0.717, 1.165) is 6.42 Å². The second kappa shape index (κ2) is 8.00. The fraction of sp³-hybridized carbons (Fsp3) is 1.00. The maximum atomic E-state index is 11.0. The summed E-state index contributed by atoms with van der Waals surface area (Å²) in [5, 5.41) is 5.02. The van der Waals surface area contributed by atoms with Crippen LogP contribution in [-0.4, -0.2) is 41.1 Å². The second-order valence-corrected chi connectivity index (χ2v) is 5.91. The molecule has 0 aliphatic heterocycles. The quantitative estimate of drug-likeness (QED) is 0.610. The average Bonchev–Trinajstić information content (AvgIpc) is 2.13. The molecule has 0 aromatic heterocycles. The van der Waals surface area contributed by atoms with Crippen LogP contribution in [0.5, 0.6) is 0 Å². The van der Waals surface area contributed by atoms with Crippen LogP contribution < -0.4 is 5.14 Å². The van der Waals surface area contributed by atoms with Crippen LogP contribution in [-0.2, 0) is 19.5 Å². The van der Waals surface area contributed by atoms with E-state index in [1.807, 2.05) is 13.8 Å². The lowest BCUT2D eigenvalue weighted by Crippen LogP contribution is -2.29. The van der Waals surface area contributed by atoms with Crippen molar-refractivity contribution in [2.45, 2.75) is 20.3 Å². The molecular weight excluding hydrogens is 230 g/mol. The van der Waals surface area contributed by atoms with Crippen molar-refractivity contribution in [2.24, 2.45) is 17.0 Å². The first-order valence-corrected chi connectivity index (χ1v) is 7.15. The van der Waals surface area contributed by atoms with E-state index < -0.39 is 10.0 Å². The Bertz CT molecular complexity index is 264. The van der Waals surface area contributed by atoms with Gasteiger partial charge in [-0.15, -0.1) is 0 Å². The van der Waals surface area contributed by atoms with E-state index in [1.54, 1.807) is 7.11 Å². The Morgan fingerprint density at radius 3 is 2.31 bits per heavy atom. The van der Waals surface area contributed by atoms with Gasteiger partial charge in [-0.2, -0.15) is 0 Å². The van der Waals surface area contributed by atoms with Crippen LogP contribution in [0.1, 0.15) is 20.3 Å². The Hall–Kier alpha value is -0.170. The van der Waals surface area contributed by atoms with Crippen molar-refractivity contribution < 1.29 is 17.9 Å². The summed E-state index contributed by atoms with van der Waals surface area (Å²) in [6, 6.07) is 0. The number of hydrogen-bond acceptors (Lipinski definition) is 4. The summed E-state index contributed by atoms with van der Waals surface area (Å²) < 4.78 is 32.3. The topological polar surface area (TPSA) is 78.6 Å². The van der Waals surface area contributed by atoms with Crippen molar-refractivity contribution in [3.8, 4) is 0 Å². The highest BCUT2D eigenvalue weighted by atomic mass is 32.2. The Morgan fingerprint density at radius 1 is 1.25 bits per heavy atom. The average molecular weight is 253 g/mol. The maximum Gasteiger partial charge on any atom is 0.209 e. The Labute approximate surface area is 98.4 Å². The van der Waals surface area contributed by atoms with Gasteiger partial charge < -0.3 is 9.47 Å². The molecule has 0 saturated heterocycles. The Kier molecular flexibility index (Phi) is 7.91. The van der Waals surface area contributed by atoms with Crippen molar-refractivity contribution in [3.63, 3.8) is 0 Å². The summed E-state index contributed by atoms with van der Waals surface area (Å²) >= 11 is 0. The molecule has 0 aromatic carbocycles. The largest absolute Gasteiger partial charge is 0.385 e. The van der Waals surface area contributed by atoms with Crippen LogP contribution in [0.3, 0.4) is 0 Å². The maximum absolute atomic E-state index is 11.0. The van der Waals surface area contributed by atoms with Crippen molar-refractivity contribution in [1.29, 1.82) is 0 Å². The van der Waals surface area contributed by atoms with Crippen LogP contribution in [0, 0.1) is 11.8 Å². The first-order valence-electron chi connectivity index (χ1n) is 5.44. The molecule has 5 nitrogen and oxygen atoms in total. The van der Waals surface area contributed by atoms with Gasteiger partial charge in [-0.1, -0.05) is 13.8 Å². The van der Waals surface area contributed by atoms with Gasteiger partial charge in [-0.3, -0.25) is 0 Å². The van der Waals surface area contributed by atoms with Gasteiger partial charge in [-0.05, 0) is 18.3 Å². The van der Waals surface area contributed by atoms with Crippen LogP contribution in [0.25, 0.3) is 0 Å². The van der Waals surface area contributed by atoms with Crippen molar-refractivity contribution in [1.82, 2.24) is 0 Å². The first-order chi connectivity index (χ1) is 7.37. The predicted octanol–water partition coefficient (Wildman–Crippen LogP) is 0.600. The monoisotopic (exact) mass is 253 g/mol. The summed E-state index contributed by atoms with van der Waals surface area (Å²) in [5.41, 5.74) is 0. The van der Waals surface area contributed by atoms with Crippen molar-refractivity contribution in [3.05, 3.63) is 0 Å². The van der Waals surface area contributed by atoms with Crippen LogP contribution >= 0.6 is 0 Å². The van der Waals surface area contributed by atoms with Crippen molar-refractivity contribution >= 4 is 10.0 Å². The second-order valence-electron chi connectivity index (χ2n) is 4.25. The number of sulfonamides is 1. The minimum Gasteiger partial charge on any atom is -0.385 e. The minimum absolute atomic E-state index is 0.0189. The molecule has 0 spiro atoms. The lowest BCUT2D eigenvalue weighted by molar-refractivity contribution is 0.0724. The zero-order valence-corrected chi connectivity index (χ0v) is 11.1. The van der Waals surface area contributed by atoms with E-state index >= 15 is 0 Å². The van der Waals surface area contributed by atoms with Crippen LogP contribution in [0.4, 0.5) is 0 Å². The highest BCUT2D eigenvalue weighted by Crippen LogP contribution is 2.13.